The van der Waals surface area contributed by atoms with Gasteiger partial charge < -0.3 is 10.1 Å². The first-order valence-corrected chi connectivity index (χ1v) is 11.0. The number of aromatic nitrogens is 1. The maximum atomic E-state index is 14.2. The first-order valence-electron chi connectivity index (χ1n) is 9.57. The van der Waals surface area contributed by atoms with Crippen LogP contribution >= 0.6 is 0 Å². The highest BCUT2D eigenvalue weighted by Gasteiger charge is 2.20. The second kappa shape index (κ2) is 9.99. The Hall–Kier alpha value is -3.52. The van der Waals surface area contributed by atoms with Crippen LogP contribution in [0, 0.1) is 5.82 Å². The number of hydrogen-bond donors (Lipinski definition) is 1. The third kappa shape index (κ3) is 5.76. The zero-order valence-corrected chi connectivity index (χ0v) is 17.6. The molecule has 3 rings (SSSR count). The normalized spacial score (nSPS) is 11.4. The second-order valence-electron chi connectivity index (χ2n) is 6.58. The Morgan fingerprint density at radius 2 is 1.87 bits per heavy atom. The van der Waals surface area contributed by atoms with E-state index in [-0.39, 0.29) is 21.4 Å². The van der Waals surface area contributed by atoms with Crippen molar-refractivity contribution in [1.82, 2.24) is 4.98 Å². The molecule has 31 heavy (non-hydrogen) atoms. The molecule has 8 heteroatoms. The first-order chi connectivity index (χ1) is 14.9. The lowest BCUT2D eigenvalue weighted by Gasteiger charge is -2.09. The molecular weight excluding hydrogens is 419 g/mol. The topological polar surface area (TPSA) is 85.4 Å². The minimum absolute atomic E-state index is 0.0122. The third-order valence-electron chi connectivity index (χ3n) is 4.22. The molecule has 6 nitrogen and oxygen atoms in total. The molecule has 3 aromatic rings. The van der Waals surface area contributed by atoms with Crippen molar-refractivity contribution >= 4 is 27.5 Å². The summed E-state index contributed by atoms with van der Waals surface area (Å²) >= 11 is 0. The average Bonchev–Trinajstić information content (AvgIpc) is 2.78. The van der Waals surface area contributed by atoms with Gasteiger partial charge in [-0.2, -0.15) is 0 Å². The number of rotatable bonds is 8. The standard InChI is InChI=1S/C23H21FN2O4S/c1-2-14-30-22-11-10-20(15-21(22)24)31(28,29)19-8-6-18(7-9-19)26-23(27)12-5-17-4-3-13-25-16-17/h3-13,15-16H,2,14H2,1H3,(H,26,27). The highest BCUT2D eigenvalue weighted by atomic mass is 32.2. The summed E-state index contributed by atoms with van der Waals surface area (Å²) in [6, 6.07) is 12.8. The Kier molecular flexibility index (Phi) is 7.15. The molecule has 0 spiro atoms. The van der Waals surface area contributed by atoms with E-state index in [1.165, 1.54) is 42.5 Å². The SMILES string of the molecule is CCCOc1ccc(S(=O)(=O)c2ccc(NC(=O)C=Cc3cccnc3)cc2)cc1F. The van der Waals surface area contributed by atoms with Crippen molar-refractivity contribution in [2.45, 2.75) is 23.1 Å². The smallest absolute Gasteiger partial charge is 0.248 e. The number of amides is 1. The van der Waals surface area contributed by atoms with Gasteiger partial charge in [0, 0.05) is 24.2 Å². The Bertz CT molecular complexity index is 1180. The summed E-state index contributed by atoms with van der Waals surface area (Å²) in [4.78, 5) is 15.8. The number of anilines is 1. The van der Waals surface area contributed by atoms with Crippen LogP contribution in [0.3, 0.4) is 0 Å². The number of carbonyl (C=O) groups excluding carboxylic acids is 1. The molecule has 0 aliphatic rings. The van der Waals surface area contributed by atoms with E-state index in [1.54, 1.807) is 24.5 Å². The molecule has 2 aromatic carbocycles. The average molecular weight is 440 g/mol. The second-order valence-corrected chi connectivity index (χ2v) is 8.53. The molecule has 0 fully saturated rings. The largest absolute Gasteiger partial charge is 0.491 e. The Labute approximate surface area is 180 Å². The quantitative estimate of drug-likeness (QED) is 0.522. The zero-order chi connectivity index (χ0) is 22.3. The van der Waals surface area contributed by atoms with Crippen LogP contribution in [0.15, 0.2) is 82.9 Å². The highest BCUT2D eigenvalue weighted by molar-refractivity contribution is 7.91. The van der Waals surface area contributed by atoms with Crippen molar-refractivity contribution in [3.05, 3.63) is 84.4 Å². The first kappa shape index (κ1) is 22.2. The Morgan fingerprint density at radius 1 is 1.13 bits per heavy atom. The molecule has 0 bridgehead atoms. The number of nitrogens with zero attached hydrogens (tertiary/aromatic N) is 1. The number of pyridine rings is 1. The van der Waals surface area contributed by atoms with E-state index in [2.05, 4.69) is 10.3 Å². The number of ether oxygens (including phenoxy) is 1. The number of carbonyl (C=O) groups is 1. The van der Waals surface area contributed by atoms with Crippen molar-refractivity contribution in [3.63, 3.8) is 0 Å². The molecular formula is C23H21FN2O4S. The van der Waals surface area contributed by atoms with Crippen molar-refractivity contribution in [1.29, 1.82) is 0 Å². The molecule has 1 aromatic heterocycles. The lowest BCUT2D eigenvalue weighted by atomic mass is 10.2. The van der Waals surface area contributed by atoms with Crippen LogP contribution < -0.4 is 10.1 Å². The molecule has 0 aliphatic heterocycles. The number of hydrogen-bond acceptors (Lipinski definition) is 5. The van der Waals surface area contributed by atoms with Gasteiger partial charge in [-0.3, -0.25) is 9.78 Å². The number of sulfone groups is 1. The van der Waals surface area contributed by atoms with Crippen LogP contribution in [0.2, 0.25) is 0 Å². The van der Waals surface area contributed by atoms with Crippen molar-refractivity contribution in [2.24, 2.45) is 0 Å². The van der Waals surface area contributed by atoms with Gasteiger partial charge in [0.15, 0.2) is 11.6 Å². The maximum Gasteiger partial charge on any atom is 0.248 e. The van der Waals surface area contributed by atoms with Crippen molar-refractivity contribution in [3.8, 4) is 5.75 Å². The van der Waals surface area contributed by atoms with Crippen molar-refractivity contribution < 1.29 is 22.3 Å². The van der Waals surface area contributed by atoms with Gasteiger partial charge in [0.25, 0.3) is 0 Å². The van der Waals surface area contributed by atoms with Crippen LogP contribution in [0.4, 0.5) is 10.1 Å². The van der Waals surface area contributed by atoms with E-state index >= 15 is 0 Å². The summed E-state index contributed by atoms with van der Waals surface area (Å²) in [7, 11) is -3.92. The number of nitrogens with one attached hydrogen (secondary N) is 1. The lowest BCUT2D eigenvalue weighted by Crippen LogP contribution is -2.08. The summed E-state index contributed by atoms with van der Waals surface area (Å²) in [5.74, 6) is -1.10. The minimum Gasteiger partial charge on any atom is -0.491 e. The van der Waals surface area contributed by atoms with Crippen LogP contribution in [-0.2, 0) is 14.6 Å². The maximum absolute atomic E-state index is 14.2. The molecule has 1 heterocycles. The minimum atomic E-state index is -3.92. The van der Waals surface area contributed by atoms with Crippen LogP contribution in [0.5, 0.6) is 5.75 Å². The summed E-state index contributed by atoms with van der Waals surface area (Å²) in [6.07, 6.45) is 6.93. The zero-order valence-electron chi connectivity index (χ0n) is 16.8. The summed E-state index contributed by atoms with van der Waals surface area (Å²) in [5, 5.41) is 2.65. The molecule has 0 saturated carbocycles. The molecule has 0 unspecified atom stereocenters. The van der Waals surface area contributed by atoms with Gasteiger partial charge in [-0.25, -0.2) is 12.8 Å². The Balaban J connectivity index is 1.70. The van der Waals surface area contributed by atoms with E-state index < -0.39 is 15.7 Å². The van der Waals surface area contributed by atoms with Crippen LogP contribution in [0.25, 0.3) is 6.08 Å². The van der Waals surface area contributed by atoms with Gasteiger partial charge in [-0.15, -0.1) is 0 Å². The van der Waals surface area contributed by atoms with Gasteiger partial charge in [-0.05, 0) is 66.6 Å². The van der Waals surface area contributed by atoms with E-state index in [0.29, 0.717) is 18.7 Å². The van der Waals surface area contributed by atoms with Gasteiger partial charge in [0.2, 0.25) is 15.7 Å². The van der Waals surface area contributed by atoms with E-state index in [9.17, 15) is 17.6 Å². The molecule has 0 saturated heterocycles. The van der Waals surface area contributed by atoms with Crippen LogP contribution in [0.1, 0.15) is 18.9 Å². The molecule has 1 amide bonds. The van der Waals surface area contributed by atoms with Gasteiger partial charge in [0.1, 0.15) is 0 Å². The van der Waals surface area contributed by atoms with Gasteiger partial charge in [0.05, 0.1) is 16.4 Å². The summed E-state index contributed by atoms with van der Waals surface area (Å²) < 4.78 is 45.0. The van der Waals surface area contributed by atoms with Gasteiger partial charge >= 0.3 is 0 Å². The summed E-state index contributed by atoms with van der Waals surface area (Å²) in [6.45, 7) is 2.23. The Morgan fingerprint density at radius 3 is 2.52 bits per heavy atom. The molecule has 160 valence electrons. The van der Waals surface area contributed by atoms with E-state index in [0.717, 1.165) is 11.6 Å². The number of halogens is 1. The van der Waals surface area contributed by atoms with Gasteiger partial charge in [-0.1, -0.05) is 13.0 Å². The molecule has 0 aliphatic carbocycles. The molecule has 0 radical (unpaired) electrons. The predicted octanol–water partition coefficient (Wildman–Crippen LogP) is 4.49. The molecule has 0 atom stereocenters. The fraction of sp³-hybridized carbons (Fsp3) is 0.130. The fourth-order valence-corrected chi connectivity index (χ4v) is 3.93. The highest BCUT2D eigenvalue weighted by Crippen LogP contribution is 2.26. The summed E-state index contributed by atoms with van der Waals surface area (Å²) in [5.41, 5.74) is 1.20. The van der Waals surface area contributed by atoms with Crippen molar-refractivity contribution in [2.75, 3.05) is 11.9 Å². The number of benzene rings is 2. The lowest BCUT2D eigenvalue weighted by molar-refractivity contribution is -0.111. The van der Waals surface area contributed by atoms with E-state index in [1.807, 2.05) is 13.0 Å². The predicted molar refractivity (Wildman–Crippen MR) is 116 cm³/mol. The third-order valence-corrected chi connectivity index (χ3v) is 5.99. The monoisotopic (exact) mass is 440 g/mol. The molecule has 1 N–H and O–H groups in total. The van der Waals surface area contributed by atoms with E-state index in [4.69, 9.17) is 4.74 Å². The van der Waals surface area contributed by atoms with Crippen LogP contribution in [-0.4, -0.2) is 25.9 Å². The fourth-order valence-electron chi connectivity index (χ4n) is 2.66.